The van der Waals surface area contributed by atoms with Gasteiger partial charge in [0.25, 0.3) is 0 Å². The summed E-state index contributed by atoms with van der Waals surface area (Å²) in [6.07, 6.45) is 1.40. The molecule has 1 saturated carbocycles. The quantitative estimate of drug-likeness (QED) is 0.393. The standard InChI is InChI=1S/C24H25FN4O6S/c1-13(2)22(30)26-17-9-10-19(20(12-17)36(33,34)28-16-7-8-16)35-23-14(3)21(24(31)32)27-29(23)18-6-4-5-15(25)11-18/h4-6,9-13,16,28H,7-8H2,1-3H3,(H,26,30)(H,31,32). The lowest BCUT2D eigenvalue weighted by Gasteiger charge is -2.16. The average Bonchev–Trinajstić information content (AvgIpc) is 3.55. The van der Waals surface area contributed by atoms with Crippen LogP contribution in [-0.4, -0.2) is 41.2 Å². The molecule has 2 aromatic carbocycles. The van der Waals surface area contributed by atoms with Crippen molar-refractivity contribution in [2.24, 2.45) is 5.92 Å². The summed E-state index contributed by atoms with van der Waals surface area (Å²) in [5.74, 6) is -2.76. The van der Waals surface area contributed by atoms with Gasteiger partial charge in [0, 0.05) is 23.2 Å². The summed E-state index contributed by atoms with van der Waals surface area (Å²) >= 11 is 0. The highest BCUT2D eigenvalue weighted by molar-refractivity contribution is 7.89. The number of carbonyl (C=O) groups is 2. The molecule has 1 amide bonds. The zero-order chi connectivity index (χ0) is 26.2. The zero-order valence-corrected chi connectivity index (χ0v) is 20.6. The van der Waals surface area contributed by atoms with Crippen molar-refractivity contribution in [3.63, 3.8) is 0 Å². The number of nitrogens with zero attached hydrogens (tertiary/aromatic N) is 2. The first kappa shape index (κ1) is 25.3. The van der Waals surface area contributed by atoms with Crippen LogP contribution in [0.15, 0.2) is 47.4 Å². The molecule has 190 valence electrons. The molecular formula is C24H25FN4O6S. The molecule has 1 aliphatic rings. The van der Waals surface area contributed by atoms with Gasteiger partial charge >= 0.3 is 5.97 Å². The smallest absolute Gasteiger partial charge is 0.356 e. The predicted molar refractivity (Wildman–Crippen MR) is 129 cm³/mol. The van der Waals surface area contributed by atoms with Crippen LogP contribution >= 0.6 is 0 Å². The van der Waals surface area contributed by atoms with E-state index in [1.807, 2.05) is 0 Å². The van der Waals surface area contributed by atoms with Gasteiger partial charge in [-0.05, 0) is 56.2 Å². The molecule has 10 nitrogen and oxygen atoms in total. The van der Waals surface area contributed by atoms with E-state index in [4.69, 9.17) is 4.74 Å². The molecule has 3 aromatic rings. The van der Waals surface area contributed by atoms with Gasteiger partial charge in [0.05, 0.1) is 5.69 Å². The van der Waals surface area contributed by atoms with Crippen LogP contribution in [0.2, 0.25) is 0 Å². The van der Waals surface area contributed by atoms with Gasteiger partial charge in [0.15, 0.2) is 5.69 Å². The number of aromatic nitrogens is 2. The first-order valence-electron chi connectivity index (χ1n) is 11.2. The van der Waals surface area contributed by atoms with Crippen molar-refractivity contribution in [3.8, 4) is 17.3 Å². The third-order valence-corrected chi connectivity index (χ3v) is 7.00. The van der Waals surface area contributed by atoms with Crippen molar-refractivity contribution in [1.29, 1.82) is 0 Å². The Morgan fingerprint density at radius 3 is 2.53 bits per heavy atom. The monoisotopic (exact) mass is 516 g/mol. The largest absolute Gasteiger partial charge is 0.476 e. The van der Waals surface area contributed by atoms with Gasteiger partial charge in [-0.15, -0.1) is 0 Å². The lowest BCUT2D eigenvalue weighted by molar-refractivity contribution is -0.118. The number of carboxylic acid groups (broad SMARTS) is 1. The average molecular weight is 517 g/mol. The van der Waals surface area contributed by atoms with Crippen LogP contribution in [-0.2, 0) is 14.8 Å². The number of anilines is 1. The fourth-order valence-electron chi connectivity index (χ4n) is 3.34. The number of ether oxygens (including phenoxy) is 1. The van der Waals surface area contributed by atoms with Crippen LogP contribution in [0.25, 0.3) is 5.69 Å². The second kappa shape index (κ2) is 9.70. The van der Waals surface area contributed by atoms with Crippen molar-refractivity contribution < 1.29 is 32.2 Å². The molecule has 0 atom stereocenters. The Morgan fingerprint density at radius 2 is 1.92 bits per heavy atom. The summed E-state index contributed by atoms with van der Waals surface area (Å²) in [5, 5.41) is 16.3. The number of carboxylic acids is 1. The number of aromatic carboxylic acids is 1. The molecule has 0 unspecified atom stereocenters. The van der Waals surface area contributed by atoms with Crippen molar-refractivity contribution in [2.75, 3.05) is 5.32 Å². The highest BCUT2D eigenvalue weighted by atomic mass is 32.2. The minimum Gasteiger partial charge on any atom is -0.476 e. The van der Waals surface area contributed by atoms with Crippen molar-refractivity contribution in [1.82, 2.24) is 14.5 Å². The number of hydrogen-bond acceptors (Lipinski definition) is 6. The van der Waals surface area contributed by atoms with E-state index >= 15 is 0 Å². The Hall–Kier alpha value is -3.77. The van der Waals surface area contributed by atoms with Gasteiger partial charge in [-0.2, -0.15) is 9.78 Å². The van der Waals surface area contributed by atoms with E-state index in [9.17, 15) is 27.5 Å². The molecule has 0 saturated heterocycles. The lowest BCUT2D eigenvalue weighted by Crippen LogP contribution is -2.26. The molecular weight excluding hydrogens is 491 g/mol. The number of rotatable bonds is 9. The maximum absolute atomic E-state index is 13.9. The van der Waals surface area contributed by atoms with E-state index in [1.165, 1.54) is 43.3 Å². The van der Waals surface area contributed by atoms with Crippen LogP contribution in [0.3, 0.4) is 0 Å². The Kier molecular flexibility index (Phi) is 6.83. The molecule has 1 fully saturated rings. The molecule has 1 aromatic heterocycles. The summed E-state index contributed by atoms with van der Waals surface area (Å²) in [5.41, 5.74) is 0.207. The molecule has 0 spiro atoms. The highest BCUT2D eigenvalue weighted by Crippen LogP contribution is 2.36. The Balaban J connectivity index is 1.83. The fraction of sp³-hybridized carbons (Fsp3) is 0.292. The van der Waals surface area contributed by atoms with E-state index in [0.29, 0.717) is 12.8 Å². The minimum absolute atomic E-state index is 0.0974. The Morgan fingerprint density at radius 1 is 1.19 bits per heavy atom. The molecule has 0 radical (unpaired) electrons. The van der Waals surface area contributed by atoms with E-state index in [2.05, 4.69) is 15.1 Å². The number of benzene rings is 2. The molecule has 0 bridgehead atoms. The van der Waals surface area contributed by atoms with E-state index in [0.717, 1.165) is 10.7 Å². The number of halogens is 1. The topological polar surface area (TPSA) is 140 Å². The lowest BCUT2D eigenvalue weighted by atomic mass is 10.2. The summed E-state index contributed by atoms with van der Waals surface area (Å²) in [6, 6.07) is 9.20. The second-order valence-electron chi connectivity index (χ2n) is 8.78. The summed E-state index contributed by atoms with van der Waals surface area (Å²) in [4.78, 5) is 23.7. The van der Waals surface area contributed by atoms with Crippen LogP contribution in [0.1, 0.15) is 42.7 Å². The van der Waals surface area contributed by atoms with Gasteiger partial charge in [-0.1, -0.05) is 19.9 Å². The third-order valence-electron chi connectivity index (χ3n) is 5.45. The van der Waals surface area contributed by atoms with Crippen LogP contribution < -0.4 is 14.8 Å². The molecule has 0 aliphatic heterocycles. The fourth-order valence-corrected chi connectivity index (χ4v) is 4.80. The molecule has 36 heavy (non-hydrogen) atoms. The second-order valence-corrected chi connectivity index (χ2v) is 10.5. The van der Waals surface area contributed by atoms with Crippen molar-refractivity contribution in [3.05, 3.63) is 59.5 Å². The van der Waals surface area contributed by atoms with Crippen LogP contribution in [0, 0.1) is 18.7 Å². The number of amides is 1. The third kappa shape index (κ3) is 5.39. The molecule has 4 rings (SSSR count). The van der Waals surface area contributed by atoms with Crippen molar-refractivity contribution >= 4 is 27.6 Å². The predicted octanol–water partition coefficient (Wildman–Crippen LogP) is 3.85. The summed E-state index contributed by atoms with van der Waals surface area (Å²) in [6.45, 7) is 4.86. The van der Waals surface area contributed by atoms with Gasteiger partial charge in [0.2, 0.25) is 21.8 Å². The van der Waals surface area contributed by atoms with Gasteiger partial charge in [-0.25, -0.2) is 22.3 Å². The van der Waals surface area contributed by atoms with E-state index in [-0.39, 0.29) is 57.0 Å². The Bertz CT molecular complexity index is 1450. The normalized spacial score (nSPS) is 13.6. The first-order chi connectivity index (χ1) is 17.0. The van der Waals surface area contributed by atoms with Gasteiger partial charge < -0.3 is 15.2 Å². The van der Waals surface area contributed by atoms with E-state index < -0.39 is 21.8 Å². The first-order valence-corrected chi connectivity index (χ1v) is 12.7. The molecule has 12 heteroatoms. The van der Waals surface area contributed by atoms with Gasteiger partial charge in [0.1, 0.15) is 16.5 Å². The highest BCUT2D eigenvalue weighted by Gasteiger charge is 2.31. The number of carbonyl (C=O) groups excluding carboxylic acids is 1. The van der Waals surface area contributed by atoms with Crippen molar-refractivity contribution in [2.45, 2.75) is 44.6 Å². The number of nitrogens with one attached hydrogen (secondary N) is 2. The number of sulfonamides is 1. The van der Waals surface area contributed by atoms with Gasteiger partial charge in [-0.3, -0.25) is 4.79 Å². The minimum atomic E-state index is -4.07. The maximum Gasteiger partial charge on any atom is 0.356 e. The summed E-state index contributed by atoms with van der Waals surface area (Å²) < 4.78 is 50.0. The maximum atomic E-state index is 13.9. The molecule has 1 aliphatic carbocycles. The summed E-state index contributed by atoms with van der Waals surface area (Å²) in [7, 11) is -4.07. The SMILES string of the molecule is Cc1c(C(=O)O)nn(-c2cccc(F)c2)c1Oc1ccc(NC(=O)C(C)C)cc1S(=O)(=O)NC1CC1. The zero-order valence-electron chi connectivity index (χ0n) is 19.8. The molecule has 1 heterocycles. The van der Waals surface area contributed by atoms with E-state index in [1.54, 1.807) is 13.8 Å². The van der Waals surface area contributed by atoms with Crippen LogP contribution in [0.4, 0.5) is 10.1 Å². The number of hydrogen-bond donors (Lipinski definition) is 3. The molecule has 3 N–H and O–H groups in total. The van der Waals surface area contributed by atoms with Crippen LogP contribution in [0.5, 0.6) is 11.6 Å². The Labute approximate surface area is 207 Å².